The molecule has 0 radical (unpaired) electrons. The second-order valence-corrected chi connectivity index (χ2v) is 10.1. The summed E-state index contributed by atoms with van der Waals surface area (Å²) < 4.78 is 10.3. The highest BCUT2D eigenvalue weighted by Gasteiger charge is 2.34. The van der Waals surface area contributed by atoms with Crippen LogP contribution in [0.4, 0.5) is 0 Å². The van der Waals surface area contributed by atoms with Crippen LogP contribution in [-0.2, 0) is 9.47 Å². The molecule has 21 heavy (non-hydrogen) atoms. The Labute approximate surface area is 132 Å². The Morgan fingerprint density at radius 2 is 1.43 bits per heavy atom. The van der Waals surface area contributed by atoms with Crippen molar-refractivity contribution in [3.63, 3.8) is 0 Å². The van der Waals surface area contributed by atoms with E-state index in [-0.39, 0.29) is 0 Å². The summed E-state index contributed by atoms with van der Waals surface area (Å²) in [7, 11) is -0.577. The van der Waals surface area contributed by atoms with E-state index in [1.165, 1.54) is 10.4 Å². The van der Waals surface area contributed by atoms with Crippen LogP contribution in [0, 0.1) is 0 Å². The van der Waals surface area contributed by atoms with Crippen LogP contribution in [0.1, 0.15) is 6.42 Å². The maximum atomic E-state index is 7.15. The van der Waals surface area contributed by atoms with Crippen LogP contribution in [0.25, 0.3) is 0 Å². The highest BCUT2D eigenvalue weighted by molar-refractivity contribution is 7.34. The molecule has 0 N–H and O–H groups in total. The van der Waals surface area contributed by atoms with E-state index in [1.54, 1.807) is 7.11 Å². The Morgan fingerprint density at radius 1 is 0.905 bits per heavy atom. The first-order valence-electron chi connectivity index (χ1n) is 7.14. The molecular formula is C17H21ClO2Si. The Bertz CT molecular complexity index is 479. The van der Waals surface area contributed by atoms with Crippen molar-refractivity contribution in [1.29, 1.82) is 0 Å². The molecule has 0 saturated heterocycles. The van der Waals surface area contributed by atoms with Crippen LogP contribution in [0.2, 0.25) is 6.04 Å². The summed E-state index contributed by atoms with van der Waals surface area (Å²) in [5, 5.41) is 2.51. The number of methoxy groups -OCH3 is 1. The predicted molar refractivity (Wildman–Crippen MR) is 91.0 cm³/mol. The van der Waals surface area contributed by atoms with Crippen molar-refractivity contribution in [2.75, 3.05) is 20.5 Å². The third-order valence-corrected chi connectivity index (χ3v) is 8.89. The Kier molecular flexibility index (Phi) is 6.45. The molecule has 0 unspecified atom stereocenters. The van der Waals surface area contributed by atoms with Gasteiger partial charge in [0.1, 0.15) is 6.79 Å². The van der Waals surface area contributed by atoms with Gasteiger partial charge in [-0.05, 0) is 22.8 Å². The van der Waals surface area contributed by atoms with E-state index in [1.807, 2.05) is 12.1 Å². The van der Waals surface area contributed by atoms with E-state index >= 15 is 0 Å². The first-order chi connectivity index (χ1) is 10.3. The third-order valence-electron chi connectivity index (χ3n) is 3.47. The second-order valence-electron chi connectivity index (χ2n) is 4.95. The van der Waals surface area contributed by atoms with Gasteiger partial charge in [-0.2, -0.15) is 11.1 Å². The molecule has 0 aliphatic heterocycles. The lowest BCUT2D eigenvalue weighted by atomic mass is 10.4. The first-order valence-corrected chi connectivity index (χ1v) is 10.4. The highest BCUT2D eigenvalue weighted by Crippen LogP contribution is 2.18. The van der Waals surface area contributed by atoms with E-state index in [4.69, 9.17) is 20.6 Å². The Balaban J connectivity index is 2.15. The smallest absolute Gasteiger partial charge is 0.217 e. The van der Waals surface area contributed by atoms with Gasteiger partial charge in [-0.1, -0.05) is 60.7 Å². The zero-order chi connectivity index (χ0) is 15.0. The third kappa shape index (κ3) is 4.42. The molecule has 2 rings (SSSR count). The molecule has 0 atom stereocenters. The minimum absolute atomic E-state index is 0.341. The van der Waals surface area contributed by atoms with Gasteiger partial charge < -0.3 is 9.47 Å². The normalized spacial score (nSPS) is 11.5. The molecule has 2 aromatic rings. The lowest BCUT2D eigenvalue weighted by Gasteiger charge is -2.25. The highest BCUT2D eigenvalue weighted by atomic mass is 35.6. The summed E-state index contributed by atoms with van der Waals surface area (Å²) in [6.07, 6.45) is 0.933. The van der Waals surface area contributed by atoms with Crippen LogP contribution >= 0.6 is 11.1 Å². The maximum Gasteiger partial charge on any atom is 0.217 e. The monoisotopic (exact) mass is 320 g/mol. The van der Waals surface area contributed by atoms with Gasteiger partial charge in [0.05, 0.1) is 0 Å². The minimum Gasteiger partial charge on any atom is -0.359 e. The van der Waals surface area contributed by atoms with Crippen molar-refractivity contribution in [3.8, 4) is 0 Å². The number of ether oxygens (including phenoxy) is 2. The maximum absolute atomic E-state index is 7.15. The molecule has 4 heteroatoms. The van der Waals surface area contributed by atoms with Crippen LogP contribution in [0.5, 0.6) is 0 Å². The van der Waals surface area contributed by atoms with Gasteiger partial charge >= 0.3 is 0 Å². The van der Waals surface area contributed by atoms with Crippen LogP contribution in [-0.4, -0.2) is 27.9 Å². The number of hydrogen-bond donors (Lipinski definition) is 0. The zero-order valence-electron chi connectivity index (χ0n) is 12.3. The number of halogens is 1. The standard InChI is InChI=1S/C17H21ClO2Si/c1-19-15-20-13-8-14-21(18,16-9-4-2-5-10-16)17-11-6-3-7-12-17/h2-7,9-12H,8,13-15H2,1H3. The molecule has 0 saturated carbocycles. The van der Waals surface area contributed by atoms with Crippen molar-refractivity contribution >= 4 is 28.8 Å². The minimum atomic E-state index is -2.21. The predicted octanol–water partition coefficient (Wildman–Crippen LogP) is 3.00. The molecule has 0 aromatic heterocycles. The first kappa shape index (κ1) is 16.2. The van der Waals surface area contributed by atoms with Gasteiger partial charge in [0.15, 0.2) is 0 Å². The van der Waals surface area contributed by atoms with E-state index in [0.717, 1.165) is 12.5 Å². The van der Waals surface area contributed by atoms with Gasteiger partial charge in [0.25, 0.3) is 0 Å². The SMILES string of the molecule is COCOCCC[Si](Cl)(c1ccccc1)c1ccccc1. The molecule has 2 nitrogen and oxygen atoms in total. The molecule has 0 amide bonds. The molecular weight excluding hydrogens is 300 g/mol. The van der Waals surface area contributed by atoms with Crippen molar-refractivity contribution in [1.82, 2.24) is 0 Å². The number of rotatable bonds is 8. The van der Waals surface area contributed by atoms with Crippen molar-refractivity contribution in [3.05, 3.63) is 60.7 Å². The fourth-order valence-electron chi connectivity index (χ4n) is 2.42. The topological polar surface area (TPSA) is 18.5 Å². The van der Waals surface area contributed by atoms with Crippen LogP contribution in [0.3, 0.4) is 0 Å². The molecule has 0 spiro atoms. The van der Waals surface area contributed by atoms with E-state index in [2.05, 4.69) is 48.5 Å². The van der Waals surface area contributed by atoms with E-state index in [9.17, 15) is 0 Å². The molecule has 0 aliphatic carbocycles. The largest absolute Gasteiger partial charge is 0.359 e. The Hall–Kier alpha value is -1.13. The zero-order valence-corrected chi connectivity index (χ0v) is 14.1. The number of benzene rings is 2. The summed E-state index contributed by atoms with van der Waals surface area (Å²) in [6, 6.07) is 21.8. The van der Waals surface area contributed by atoms with E-state index in [0.29, 0.717) is 13.4 Å². The van der Waals surface area contributed by atoms with Gasteiger partial charge in [0.2, 0.25) is 7.38 Å². The molecule has 2 aromatic carbocycles. The fraction of sp³-hybridized carbons (Fsp3) is 0.294. The summed E-state index contributed by atoms with van der Waals surface area (Å²) >= 11 is 7.15. The summed E-state index contributed by atoms with van der Waals surface area (Å²) in [6.45, 7) is 1.02. The second kappa shape index (κ2) is 8.34. The molecule has 0 heterocycles. The van der Waals surface area contributed by atoms with Gasteiger partial charge in [-0.25, -0.2) is 0 Å². The number of hydrogen-bond acceptors (Lipinski definition) is 2. The van der Waals surface area contributed by atoms with Crippen LogP contribution < -0.4 is 10.4 Å². The van der Waals surface area contributed by atoms with Crippen molar-refractivity contribution in [2.24, 2.45) is 0 Å². The molecule has 0 bridgehead atoms. The summed E-state index contributed by atoms with van der Waals surface area (Å²) in [5.41, 5.74) is 0. The van der Waals surface area contributed by atoms with Gasteiger partial charge in [-0.15, -0.1) is 0 Å². The van der Waals surface area contributed by atoms with Crippen LogP contribution in [0.15, 0.2) is 60.7 Å². The van der Waals surface area contributed by atoms with Gasteiger partial charge in [-0.3, -0.25) is 0 Å². The average Bonchev–Trinajstić information content (AvgIpc) is 2.56. The Morgan fingerprint density at radius 3 is 1.90 bits per heavy atom. The quantitative estimate of drug-likeness (QED) is 0.322. The summed E-state index contributed by atoms with van der Waals surface area (Å²) in [4.78, 5) is 0. The summed E-state index contributed by atoms with van der Waals surface area (Å²) in [5.74, 6) is 0. The molecule has 0 aliphatic rings. The average molecular weight is 321 g/mol. The lowest BCUT2D eigenvalue weighted by Crippen LogP contribution is -2.53. The van der Waals surface area contributed by atoms with E-state index < -0.39 is 7.38 Å². The fourth-order valence-corrected chi connectivity index (χ4v) is 6.56. The lowest BCUT2D eigenvalue weighted by molar-refractivity contribution is -0.0300. The van der Waals surface area contributed by atoms with Gasteiger partial charge in [0, 0.05) is 13.7 Å². The van der Waals surface area contributed by atoms with Crippen molar-refractivity contribution in [2.45, 2.75) is 12.5 Å². The molecule has 0 fully saturated rings. The van der Waals surface area contributed by atoms with Crippen molar-refractivity contribution < 1.29 is 9.47 Å². The molecule has 112 valence electrons.